The molecule has 2 aliphatic rings. The topological polar surface area (TPSA) is 61.9 Å². The molecule has 1 N–H and O–H groups in total. The van der Waals surface area contributed by atoms with Crippen molar-refractivity contribution in [1.29, 1.82) is 0 Å². The molecule has 2 rings (SSSR count). The SMILES string of the molecule is CCN(C(=O)CNC(C)C(=O)N1CCOCC1)C1CC1. The van der Waals surface area contributed by atoms with Crippen molar-refractivity contribution in [2.75, 3.05) is 39.4 Å². The van der Waals surface area contributed by atoms with E-state index in [9.17, 15) is 9.59 Å². The first kappa shape index (κ1) is 15.3. The van der Waals surface area contributed by atoms with Crippen molar-refractivity contribution in [2.45, 2.75) is 38.8 Å². The summed E-state index contributed by atoms with van der Waals surface area (Å²) in [4.78, 5) is 28.0. The number of hydrogen-bond donors (Lipinski definition) is 1. The Bertz CT molecular complexity index is 352. The second-order valence-electron chi connectivity index (χ2n) is 5.45. The Morgan fingerprint density at radius 2 is 2.00 bits per heavy atom. The lowest BCUT2D eigenvalue weighted by molar-refractivity contribution is -0.137. The van der Waals surface area contributed by atoms with Crippen molar-refractivity contribution in [3.05, 3.63) is 0 Å². The number of hydrogen-bond acceptors (Lipinski definition) is 4. The van der Waals surface area contributed by atoms with Crippen LogP contribution in [0, 0.1) is 0 Å². The molecule has 2 amide bonds. The molecule has 1 heterocycles. The van der Waals surface area contributed by atoms with Crippen LogP contribution in [0.1, 0.15) is 26.7 Å². The molecule has 1 saturated carbocycles. The van der Waals surface area contributed by atoms with E-state index in [1.165, 1.54) is 0 Å². The zero-order chi connectivity index (χ0) is 14.5. The van der Waals surface area contributed by atoms with Gasteiger partial charge in [0.15, 0.2) is 0 Å². The standard InChI is InChI=1S/C14H25N3O3/c1-3-17(12-4-5-12)13(18)10-15-11(2)14(19)16-6-8-20-9-7-16/h11-12,15H,3-10H2,1-2H3. The first-order valence-electron chi connectivity index (χ1n) is 7.53. The van der Waals surface area contributed by atoms with Gasteiger partial charge in [-0.2, -0.15) is 0 Å². The fourth-order valence-electron chi connectivity index (χ4n) is 2.51. The zero-order valence-electron chi connectivity index (χ0n) is 12.4. The Morgan fingerprint density at radius 1 is 1.35 bits per heavy atom. The van der Waals surface area contributed by atoms with Gasteiger partial charge in [-0.1, -0.05) is 0 Å². The number of morpholine rings is 1. The zero-order valence-corrected chi connectivity index (χ0v) is 12.4. The van der Waals surface area contributed by atoms with Crippen molar-refractivity contribution in [1.82, 2.24) is 15.1 Å². The Hall–Kier alpha value is -1.14. The third-order valence-corrected chi connectivity index (χ3v) is 3.90. The van der Waals surface area contributed by atoms with Crippen LogP contribution < -0.4 is 5.32 Å². The molecule has 1 saturated heterocycles. The number of nitrogens with zero attached hydrogens (tertiary/aromatic N) is 2. The number of carbonyl (C=O) groups excluding carboxylic acids is 2. The average Bonchev–Trinajstić information content (AvgIpc) is 3.30. The summed E-state index contributed by atoms with van der Waals surface area (Å²) in [6, 6.07) is 0.106. The molecule has 0 aromatic carbocycles. The normalized spacial score (nSPS) is 20.6. The van der Waals surface area contributed by atoms with E-state index < -0.39 is 0 Å². The molecule has 2 fully saturated rings. The molecule has 20 heavy (non-hydrogen) atoms. The van der Waals surface area contributed by atoms with Crippen molar-refractivity contribution < 1.29 is 14.3 Å². The van der Waals surface area contributed by atoms with Gasteiger partial charge in [-0.3, -0.25) is 14.9 Å². The van der Waals surface area contributed by atoms with E-state index in [0.717, 1.165) is 19.4 Å². The van der Waals surface area contributed by atoms with Crippen LogP contribution in [0.2, 0.25) is 0 Å². The molecule has 1 aliphatic carbocycles. The smallest absolute Gasteiger partial charge is 0.239 e. The van der Waals surface area contributed by atoms with Crippen molar-refractivity contribution >= 4 is 11.8 Å². The maximum absolute atomic E-state index is 12.2. The number of nitrogens with one attached hydrogen (secondary N) is 1. The number of likely N-dealkylation sites (N-methyl/N-ethyl adjacent to an activating group) is 1. The van der Waals surface area contributed by atoms with Crippen LogP contribution >= 0.6 is 0 Å². The van der Waals surface area contributed by atoms with Crippen LogP contribution in [0.5, 0.6) is 0 Å². The first-order chi connectivity index (χ1) is 9.63. The molecule has 1 unspecified atom stereocenters. The molecule has 114 valence electrons. The fourth-order valence-corrected chi connectivity index (χ4v) is 2.51. The van der Waals surface area contributed by atoms with E-state index in [4.69, 9.17) is 4.74 Å². The molecule has 0 bridgehead atoms. The van der Waals surface area contributed by atoms with Crippen molar-refractivity contribution in [3.8, 4) is 0 Å². The van der Waals surface area contributed by atoms with Gasteiger partial charge in [0.05, 0.1) is 25.8 Å². The molecule has 1 atom stereocenters. The Balaban J connectivity index is 1.74. The van der Waals surface area contributed by atoms with E-state index in [1.807, 2.05) is 18.7 Å². The second-order valence-corrected chi connectivity index (χ2v) is 5.45. The number of carbonyl (C=O) groups is 2. The van der Waals surface area contributed by atoms with Gasteiger partial charge in [-0.15, -0.1) is 0 Å². The maximum atomic E-state index is 12.2. The largest absolute Gasteiger partial charge is 0.378 e. The van der Waals surface area contributed by atoms with Crippen molar-refractivity contribution in [2.24, 2.45) is 0 Å². The van der Waals surface area contributed by atoms with Gasteiger partial charge in [0, 0.05) is 25.7 Å². The van der Waals surface area contributed by atoms with E-state index in [2.05, 4.69) is 5.32 Å². The van der Waals surface area contributed by atoms with Gasteiger partial charge in [0.25, 0.3) is 0 Å². The molecule has 0 radical (unpaired) electrons. The summed E-state index contributed by atoms with van der Waals surface area (Å²) in [6.07, 6.45) is 2.23. The Kier molecular flexibility index (Phi) is 5.37. The predicted octanol–water partition coefficient (Wildman–Crippen LogP) is -0.166. The molecule has 6 nitrogen and oxygen atoms in total. The minimum Gasteiger partial charge on any atom is -0.378 e. The summed E-state index contributed by atoms with van der Waals surface area (Å²) in [5.74, 6) is 0.146. The predicted molar refractivity (Wildman–Crippen MR) is 75.3 cm³/mol. The summed E-state index contributed by atoms with van der Waals surface area (Å²) in [6.45, 7) is 7.28. The van der Waals surface area contributed by atoms with E-state index in [1.54, 1.807) is 4.90 Å². The van der Waals surface area contributed by atoms with E-state index >= 15 is 0 Å². The maximum Gasteiger partial charge on any atom is 0.239 e. The van der Waals surface area contributed by atoms with Gasteiger partial charge in [-0.25, -0.2) is 0 Å². The summed E-state index contributed by atoms with van der Waals surface area (Å²) in [7, 11) is 0. The highest BCUT2D eigenvalue weighted by atomic mass is 16.5. The number of rotatable bonds is 6. The summed E-state index contributed by atoms with van der Waals surface area (Å²) < 4.78 is 5.23. The third-order valence-electron chi connectivity index (χ3n) is 3.90. The third kappa shape index (κ3) is 3.93. The van der Waals surface area contributed by atoms with Crippen LogP contribution in [0.4, 0.5) is 0 Å². The molecule has 6 heteroatoms. The summed E-state index contributed by atoms with van der Waals surface area (Å²) >= 11 is 0. The average molecular weight is 283 g/mol. The van der Waals surface area contributed by atoms with Gasteiger partial charge in [0.1, 0.15) is 0 Å². The minimum absolute atomic E-state index is 0.0515. The number of amides is 2. The Morgan fingerprint density at radius 3 is 2.55 bits per heavy atom. The molecule has 0 spiro atoms. The van der Waals surface area contributed by atoms with Crippen LogP contribution in [-0.4, -0.2) is 73.1 Å². The molecular formula is C14H25N3O3. The molecular weight excluding hydrogens is 258 g/mol. The quantitative estimate of drug-likeness (QED) is 0.735. The minimum atomic E-state index is -0.324. The van der Waals surface area contributed by atoms with Crippen LogP contribution in [-0.2, 0) is 14.3 Å². The van der Waals surface area contributed by atoms with Crippen molar-refractivity contribution in [3.63, 3.8) is 0 Å². The molecule has 1 aliphatic heterocycles. The Labute approximate surface area is 120 Å². The van der Waals surface area contributed by atoms with Crippen LogP contribution in [0.3, 0.4) is 0 Å². The van der Waals surface area contributed by atoms with E-state index in [-0.39, 0.29) is 24.4 Å². The summed E-state index contributed by atoms with van der Waals surface area (Å²) in [5.41, 5.74) is 0. The highest BCUT2D eigenvalue weighted by molar-refractivity contribution is 5.83. The fraction of sp³-hybridized carbons (Fsp3) is 0.857. The summed E-state index contributed by atoms with van der Waals surface area (Å²) in [5, 5.41) is 3.05. The number of ether oxygens (including phenoxy) is 1. The second kappa shape index (κ2) is 7.04. The van der Waals surface area contributed by atoms with Crippen LogP contribution in [0.25, 0.3) is 0 Å². The highest BCUT2D eigenvalue weighted by Gasteiger charge is 2.31. The van der Waals surface area contributed by atoms with Gasteiger partial charge >= 0.3 is 0 Å². The molecule has 0 aromatic rings. The lowest BCUT2D eigenvalue weighted by Crippen LogP contribution is -2.51. The highest BCUT2D eigenvalue weighted by Crippen LogP contribution is 2.26. The van der Waals surface area contributed by atoms with Gasteiger partial charge < -0.3 is 14.5 Å². The van der Waals surface area contributed by atoms with Crippen LogP contribution in [0.15, 0.2) is 0 Å². The lowest BCUT2D eigenvalue weighted by atomic mass is 10.2. The van der Waals surface area contributed by atoms with Gasteiger partial charge in [0.2, 0.25) is 11.8 Å². The van der Waals surface area contributed by atoms with E-state index in [0.29, 0.717) is 32.3 Å². The monoisotopic (exact) mass is 283 g/mol. The lowest BCUT2D eigenvalue weighted by Gasteiger charge is -2.30. The van der Waals surface area contributed by atoms with Gasteiger partial charge in [-0.05, 0) is 26.7 Å². The molecule has 0 aromatic heterocycles. The first-order valence-corrected chi connectivity index (χ1v) is 7.53.